The number of ether oxygens (including phenoxy) is 2. The summed E-state index contributed by atoms with van der Waals surface area (Å²) in [5.74, 6) is 1.39. The Morgan fingerprint density at radius 3 is 2.38 bits per heavy atom. The molecule has 0 radical (unpaired) electrons. The Labute approximate surface area is 142 Å². The van der Waals surface area contributed by atoms with Crippen LogP contribution in [0.4, 0.5) is 11.5 Å². The summed E-state index contributed by atoms with van der Waals surface area (Å²) in [6, 6.07) is 8.85. The van der Waals surface area contributed by atoms with Gasteiger partial charge < -0.3 is 20.1 Å². The van der Waals surface area contributed by atoms with Crippen LogP contribution in [0.25, 0.3) is 0 Å². The van der Waals surface area contributed by atoms with E-state index in [4.69, 9.17) is 9.47 Å². The standard InChI is InChI=1S/C18H23N3O3/c1-4-5-11-19-16-10-9-13(12-20-16)21-18(22)17-14(23-2)7-6-8-15(17)24-3/h6-10,12H,4-5,11H2,1-3H3,(H,19,20)(H,21,22). The van der Waals surface area contributed by atoms with Gasteiger partial charge in [0.25, 0.3) is 5.91 Å². The fourth-order valence-corrected chi connectivity index (χ4v) is 2.23. The normalized spacial score (nSPS) is 10.1. The molecule has 0 aliphatic carbocycles. The molecule has 0 unspecified atom stereocenters. The van der Waals surface area contributed by atoms with Crippen molar-refractivity contribution in [3.05, 3.63) is 42.1 Å². The fourth-order valence-electron chi connectivity index (χ4n) is 2.23. The molecule has 2 N–H and O–H groups in total. The molecular weight excluding hydrogens is 306 g/mol. The predicted octanol–water partition coefficient (Wildman–Crippen LogP) is 3.56. The number of aromatic nitrogens is 1. The molecule has 1 aromatic heterocycles. The van der Waals surface area contributed by atoms with Gasteiger partial charge in [-0.05, 0) is 30.7 Å². The highest BCUT2D eigenvalue weighted by Gasteiger charge is 2.18. The van der Waals surface area contributed by atoms with E-state index in [9.17, 15) is 4.79 Å². The van der Waals surface area contributed by atoms with Crippen molar-refractivity contribution in [1.29, 1.82) is 0 Å². The Kier molecular flexibility index (Phi) is 6.42. The summed E-state index contributed by atoms with van der Waals surface area (Å²) in [6.45, 7) is 3.02. The summed E-state index contributed by atoms with van der Waals surface area (Å²) in [6.07, 6.45) is 3.84. The monoisotopic (exact) mass is 329 g/mol. The first-order chi connectivity index (χ1) is 11.7. The predicted molar refractivity (Wildman–Crippen MR) is 95.1 cm³/mol. The third-order valence-corrected chi connectivity index (χ3v) is 3.51. The molecule has 0 aliphatic heterocycles. The molecular formula is C18H23N3O3. The van der Waals surface area contributed by atoms with Crippen LogP contribution in [0.5, 0.6) is 11.5 Å². The molecule has 2 rings (SSSR count). The van der Waals surface area contributed by atoms with E-state index in [0.29, 0.717) is 22.7 Å². The van der Waals surface area contributed by atoms with Gasteiger partial charge in [-0.2, -0.15) is 0 Å². The summed E-state index contributed by atoms with van der Waals surface area (Å²) in [7, 11) is 3.04. The zero-order valence-corrected chi connectivity index (χ0v) is 14.3. The number of hydrogen-bond acceptors (Lipinski definition) is 5. The maximum Gasteiger partial charge on any atom is 0.263 e. The number of rotatable bonds is 8. The van der Waals surface area contributed by atoms with Gasteiger partial charge in [-0.3, -0.25) is 4.79 Å². The number of nitrogens with one attached hydrogen (secondary N) is 2. The summed E-state index contributed by atoms with van der Waals surface area (Å²) < 4.78 is 10.5. The van der Waals surface area contributed by atoms with Gasteiger partial charge in [-0.1, -0.05) is 19.4 Å². The van der Waals surface area contributed by atoms with E-state index < -0.39 is 0 Å². The van der Waals surface area contributed by atoms with Crippen LogP contribution in [-0.4, -0.2) is 31.7 Å². The van der Waals surface area contributed by atoms with Crippen LogP contribution in [0.1, 0.15) is 30.1 Å². The summed E-state index contributed by atoms with van der Waals surface area (Å²) in [5, 5.41) is 6.04. The molecule has 1 amide bonds. The van der Waals surface area contributed by atoms with Crippen LogP contribution in [0.3, 0.4) is 0 Å². The number of nitrogens with zero attached hydrogens (tertiary/aromatic N) is 1. The Hall–Kier alpha value is -2.76. The minimum atomic E-state index is -0.308. The lowest BCUT2D eigenvalue weighted by molar-refractivity contribution is 0.102. The zero-order chi connectivity index (χ0) is 17.4. The third-order valence-electron chi connectivity index (χ3n) is 3.51. The average Bonchev–Trinajstić information content (AvgIpc) is 2.62. The molecule has 0 saturated carbocycles. The van der Waals surface area contributed by atoms with Crippen LogP contribution in [0.15, 0.2) is 36.5 Å². The number of amides is 1. The van der Waals surface area contributed by atoms with Gasteiger partial charge in [0.2, 0.25) is 0 Å². The van der Waals surface area contributed by atoms with E-state index in [0.717, 1.165) is 25.2 Å². The van der Waals surface area contributed by atoms with Crippen LogP contribution >= 0.6 is 0 Å². The molecule has 1 heterocycles. The highest BCUT2D eigenvalue weighted by atomic mass is 16.5. The number of benzene rings is 1. The molecule has 0 spiro atoms. The molecule has 24 heavy (non-hydrogen) atoms. The van der Waals surface area contributed by atoms with Crippen molar-refractivity contribution >= 4 is 17.4 Å². The van der Waals surface area contributed by atoms with Gasteiger partial charge in [0.05, 0.1) is 26.1 Å². The number of anilines is 2. The molecule has 0 bridgehead atoms. The van der Waals surface area contributed by atoms with E-state index in [1.807, 2.05) is 6.07 Å². The van der Waals surface area contributed by atoms with Crippen LogP contribution in [-0.2, 0) is 0 Å². The Morgan fingerprint density at radius 1 is 1.12 bits per heavy atom. The van der Waals surface area contributed by atoms with Gasteiger partial charge in [0.1, 0.15) is 22.9 Å². The van der Waals surface area contributed by atoms with Crippen LogP contribution < -0.4 is 20.1 Å². The van der Waals surface area contributed by atoms with E-state index in [1.54, 1.807) is 30.5 Å². The minimum absolute atomic E-state index is 0.308. The highest BCUT2D eigenvalue weighted by Crippen LogP contribution is 2.29. The number of hydrogen-bond donors (Lipinski definition) is 2. The highest BCUT2D eigenvalue weighted by molar-refractivity contribution is 6.08. The zero-order valence-electron chi connectivity index (χ0n) is 14.3. The summed E-state index contributed by atoms with van der Waals surface area (Å²) >= 11 is 0. The molecule has 6 heteroatoms. The average molecular weight is 329 g/mol. The van der Waals surface area contributed by atoms with E-state index >= 15 is 0 Å². The first-order valence-electron chi connectivity index (χ1n) is 7.91. The molecule has 0 aliphatic rings. The number of unbranched alkanes of at least 4 members (excludes halogenated alkanes) is 1. The van der Waals surface area contributed by atoms with Crippen molar-refractivity contribution in [1.82, 2.24) is 4.98 Å². The largest absolute Gasteiger partial charge is 0.496 e. The molecule has 0 atom stereocenters. The van der Waals surface area contributed by atoms with Gasteiger partial charge in [-0.15, -0.1) is 0 Å². The Balaban J connectivity index is 2.10. The number of carbonyl (C=O) groups is 1. The maximum atomic E-state index is 12.6. The van der Waals surface area contributed by atoms with Crippen molar-refractivity contribution in [3.63, 3.8) is 0 Å². The SMILES string of the molecule is CCCCNc1ccc(NC(=O)c2c(OC)cccc2OC)cn1. The fraction of sp³-hybridized carbons (Fsp3) is 0.333. The van der Waals surface area contributed by atoms with Gasteiger partial charge in [0.15, 0.2) is 0 Å². The number of pyridine rings is 1. The second-order valence-electron chi connectivity index (χ2n) is 5.20. The van der Waals surface area contributed by atoms with Crippen molar-refractivity contribution in [2.75, 3.05) is 31.4 Å². The summed E-state index contributed by atoms with van der Waals surface area (Å²) in [4.78, 5) is 16.8. The molecule has 0 fully saturated rings. The first-order valence-corrected chi connectivity index (χ1v) is 7.91. The molecule has 6 nitrogen and oxygen atoms in total. The smallest absolute Gasteiger partial charge is 0.263 e. The minimum Gasteiger partial charge on any atom is -0.496 e. The topological polar surface area (TPSA) is 72.5 Å². The van der Waals surface area contributed by atoms with E-state index in [2.05, 4.69) is 22.5 Å². The lowest BCUT2D eigenvalue weighted by Gasteiger charge is -2.13. The van der Waals surface area contributed by atoms with E-state index in [-0.39, 0.29) is 5.91 Å². The third kappa shape index (κ3) is 4.38. The summed E-state index contributed by atoms with van der Waals surface area (Å²) in [5.41, 5.74) is 0.960. The van der Waals surface area contributed by atoms with Crippen molar-refractivity contribution in [2.45, 2.75) is 19.8 Å². The van der Waals surface area contributed by atoms with Crippen LogP contribution in [0, 0.1) is 0 Å². The lowest BCUT2D eigenvalue weighted by atomic mass is 10.1. The van der Waals surface area contributed by atoms with Gasteiger partial charge in [-0.25, -0.2) is 4.98 Å². The van der Waals surface area contributed by atoms with E-state index in [1.165, 1.54) is 14.2 Å². The Bertz CT molecular complexity index is 649. The molecule has 128 valence electrons. The van der Waals surface area contributed by atoms with Crippen molar-refractivity contribution in [3.8, 4) is 11.5 Å². The lowest BCUT2D eigenvalue weighted by Crippen LogP contribution is -2.15. The van der Waals surface area contributed by atoms with Crippen molar-refractivity contribution in [2.24, 2.45) is 0 Å². The second kappa shape index (κ2) is 8.76. The maximum absolute atomic E-state index is 12.6. The molecule has 0 saturated heterocycles. The number of methoxy groups -OCH3 is 2. The quantitative estimate of drug-likeness (QED) is 0.725. The second-order valence-corrected chi connectivity index (χ2v) is 5.20. The van der Waals surface area contributed by atoms with Crippen molar-refractivity contribution < 1.29 is 14.3 Å². The van der Waals surface area contributed by atoms with Gasteiger partial charge in [0, 0.05) is 6.54 Å². The van der Waals surface area contributed by atoms with Gasteiger partial charge >= 0.3 is 0 Å². The van der Waals surface area contributed by atoms with Crippen LogP contribution in [0.2, 0.25) is 0 Å². The molecule has 2 aromatic rings. The molecule has 1 aromatic carbocycles. The Morgan fingerprint density at radius 2 is 1.83 bits per heavy atom. The number of carbonyl (C=O) groups excluding carboxylic acids is 1. The first kappa shape index (κ1) is 17.6.